The van der Waals surface area contributed by atoms with E-state index in [-0.39, 0.29) is 18.2 Å². The standard InChI is InChI=1S/C11H11F3N4O/c12-11(13,14)7-4-9(17-10(5-7)18-15)16-6-8-2-1-3-19-8/h1-5H,6,15H2,(H2,16,17,18). The molecule has 0 aliphatic rings. The van der Waals surface area contributed by atoms with Gasteiger partial charge in [-0.2, -0.15) is 13.2 Å². The van der Waals surface area contributed by atoms with Crippen LogP contribution in [-0.2, 0) is 12.7 Å². The predicted molar refractivity (Wildman–Crippen MR) is 63.1 cm³/mol. The molecule has 0 aliphatic carbocycles. The van der Waals surface area contributed by atoms with Crippen molar-refractivity contribution in [1.29, 1.82) is 0 Å². The topological polar surface area (TPSA) is 76.1 Å². The molecule has 0 amide bonds. The van der Waals surface area contributed by atoms with Gasteiger partial charge in [0.1, 0.15) is 17.4 Å². The summed E-state index contributed by atoms with van der Waals surface area (Å²) in [6, 6.07) is 5.12. The minimum Gasteiger partial charge on any atom is -0.467 e. The van der Waals surface area contributed by atoms with E-state index in [9.17, 15) is 13.2 Å². The molecular formula is C11H11F3N4O. The molecule has 2 rings (SSSR count). The van der Waals surface area contributed by atoms with Crippen LogP contribution in [0, 0.1) is 0 Å². The van der Waals surface area contributed by atoms with Crippen LogP contribution in [0.2, 0.25) is 0 Å². The molecule has 0 radical (unpaired) electrons. The molecule has 4 N–H and O–H groups in total. The Kier molecular flexibility index (Phi) is 3.61. The number of hydrazine groups is 1. The SMILES string of the molecule is NNc1cc(C(F)(F)F)cc(NCc2ccco2)n1. The number of nitrogens with one attached hydrogen (secondary N) is 2. The van der Waals surface area contributed by atoms with Crippen LogP contribution in [0.4, 0.5) is 24.8 Å². The van der Waals surface area contributed by atoms with Crippen LogP contribution in [0.1, 0.15) is 11.3 Å². The Labute approximate surface area is 106 Å². The number of nitrogens with two attached hydrogens (primary N) is 1. The minimum absolute atomic E-state index is 0.0548. The molecule has 0 aromatic carbocycles. The molecule has 102 valence electrons. The van der Waals surface area contributed by atoms with E-state index in [0.717, 1.165) is 12.1 Å². The molecule has 8 heteroatoms. The van der Waals surface area contributed by atoms with Crippen LogP contribution in [0.3, 0.4) is 0 Å². The van der Waals surface area contributed by atoms with Crippen molar-refractivity contribution in [2.45, 2.75) is 12.7 Å². The Morgan fingerprint density at radius 3 is 2.58 bits per heavy atom. The first kappa shape index (κ1) is 13.2. The average molecular weight is 272 g/mol. The van der Waals surface area contributed by atoms with Gasteiger partial charge in [0.2, 0.25) is 0 Å². The van der Waals surface area contributed by atoms with Crippen molar-refractivity contribution in [3.05, 3.63) is 41.9 Å². The number of hydrogen-bond acceptors (Lipinski definition) is 5. The summed E-state index contributed by atoms with van der Waals surface area (Å²) in [5, 5.41) is 2.73. The first-order valence-electron chi connectivity index (χ1n) is 5.31. The van der Waals surface area contributed by atoms with Crippen LogP contribution < -0.4 is 16.6 Å². The van der Waals surface area contributed by atoms with Gasteiger partial charge in [-0.25, -0.2) is 10.8 Å². The summed E-state index contributed by atoms with van der Waals surface area (Å²) in [4.78, 5) is 3.88. The predicted octanol–water partition coefficient (Wildman–Crippen LogP) is 2.59. The summed E-state index contributed by atoms with van der Waals surface area (Å²) >= 11 is 0. The van der Waals surface area contributed by atoms with E-state index in [2.05, 4.69) is 15.7 Å². The van der Waals surface area contributed by atoms with Crippen molar-refractivity contribution in [3.63, 3.8) is 0 Å². The van der Waals surface area contributed by atoms with Crippen LogP contribution in [0.15, 0.2) is 34.9 Å². The van der Waals surface area contributed by atoms with E-state index >= 15 is 0 Å². The minimum atomic E-state index is -4.46. The number of halogens is 3. The number of hydrogen-bond donors (Lipinski definition) is 3. The molecule has 0 atom stereocenters. The summed E-state index contributed by atoms with van der Waals surface area (Å²) < 4.78 is 43.0. The van der Waals surface area contributed by atoms with E-state index in [0.29, 0.717) is 5.76 Å². The Morgan fingerprint density at radius 1 is 1.26 bits per heavy atom. The highest BCUT2D eigenvalue weighted by Gasteiger charge is 2.31. The van der Waals surface area contributed by atoms with Gasteiger partial charge in [-0.15, -0.1) is 0 Å². The van der Waals surface area contributed by atoms with Gasteiger partial charge in [-0.05, 0) is 24.3 Å². The molecule has 0 unspecified atom stereocenters. The van der Waals surface area contributed by atoms with E-state index in [1.807, 2.05) is 0 Å². The molecule has 2 aromatic rings. The number of aromatic nitrogens is 1. The average Bonchev–Trinajstić information content (AvgIpc) is 2.88. The number of furan rings is 1. The summed E-state index contributed by atoms with van der Waals surface area (Å²) in [5.74, 6) is 5.66. The van der Waals surface area contributed by atoms with Crippen LogP contribution >= 0.6 is 0 Å². The van der Waals surface area contributed by atoms with Gasteiger partial charge in [0.25, 0.3) is 0 Å². The number of alkyl halides is 3. The molecule has 0 saturated carbocycles. The number of rotatable bonds is 4. The van der Waals surface area contributed by atoms with E-state index < -0.39 is 11.7 Å². The van der Waals surface area contributed by atoms with Crippen LogP contribution in [0.5, 0.6) is 0 Å². The number of anilines is 2. The Bertz CT molecular complexity index is 539. The van der Waals surface area contributed by atoms with Gasteiger partial charge in [0.15, 0.2) is 0 Å². The fourth-order valence-corrected chi connectivity index (χ4v) is 1.45. The van der Waals surface area contributed by atoms with E-state index in [1.54, 1.807) is 12.1 Å². The fraction of sp³-hybridized carbons (Fsp3) is 0.182. The maximum absolute atomic E-state index is 12.7. The monoisotopic (exact) mass is 272 g/mol. The Hall–Kier alpha value is -2.22. The third-order valence-corrected chi connectivity index (χ3v) is 2.32. The van der Waals surface area contributed by atoms with Crippen molar-refractivity contribution in [2.24, 2.45) is 5.84 Å². The lowest BCUT2D eigenvalue weighted by Gasteiger charge is -2.11. The normalized spacial score (nSPS) is 11.4. The summed E-state index contributed by atoms with van der Waals surface area (Å²) in [6.07, 6.45) is -2.99. The number of pyridine rings is 1. The van der Waals surface area contributed by atoms with Crippen molar-refractivity contribution >= 4 is 11.6 Å². The molecular weight excluding hydrogens is 261 g/mol. The molecule has 0 spiro atoms. The summed E-state index contributed by atoms with van der Waals surface area (Å²) in [5.41, 5.74) is 1.26. The lowest BCUT2D eigenvalue weighted by molar-refractivity contribution is -0.137. The quantitative estimate of drug-likeness (QED) is 0.589. The van der Waals surface area contributed by atoms with E-state index in [4.69, 9.17) is 10.3 Å². The first-order valence-corrected chi connectivity index (χ1v) is 5.31. The molecule has 0 aliphatic heterocycles. The van der Waals surface area contributed by atoms with Crippen molar-refractivity contribution in [3.8, 4) is 0 Å². The van der Waals surface area contributed by atoms with Gasteiger partial charge in [0.05, 0.1) is 18.4 Å². The molecule has 19 heavy (non-hydrogen) atoms. The molecule has 0 fully saturated rings. The zero-order valence-corrected chi connectivity index (χ0v) is 9.66. The highest BCUT2D eigenvalue weighted by atomic mass is 19.4. The van der Waals surface area contributed by atoms with E-state index in [1.165, 1.54) is 6.26 Å². The smallest absolute Gasteiger partial charge is 0.416 e. The third-order valence-electron chi connectivity index (χ3n) is 2.32. The Morgan fingerprint density at radius 2 is 2.00 bits per heavy atom. The Balaban J connectivity index is 2.19. The van der Waals surface area contributed by atoms with Gasteiger partial charge in [-0.1, -0.05) is 0 Å². The van der Waals surface area contributed by atoms with Crippen molar-refractivity contribution in [1.82, 2.24) is 4.98 Å². The number of nitrogen functional groups attached to an aromatic ring is 1. The van der Waals surface area contributed by atoms with Crippen molar-refractivity contribution < 1.29 is 17.6 Å². The second-order valence-electron chi connectivity index (χ2n) is 3.70. The fourth-order valence-electron chi connectivity index (χ4n) is 1.45. The third kappa shape index (κ3) is 3.38. The lowest BCUT2D eigenvalue weighted by Crippen LogP contribution is -2.13. The van der Waals surface area contributed by atoms with Crippen LogP contribution in [0.25, 0.3) is 0 Å². The maximum atomic E-state index is 12.7. The van der Waals surface area contributed by atoms with Crippen LogP contribution in [-0.4, -0.2) is 4.98 Å². The zero-order valence-electron chi connectivity index (χ0n) is 9.66. The molecule has 2 aromatic heterocycles. The van der Waals surface area contributed by atoms with Gasteiger partial charge < -0.3 is 15.2 Å². The highest BCUT2D eigenvalue weighted by Crippen LogP contribution is 2.31. The maximum Gasteiger partial charge on any atom is 0.416 e. The summed E-state index contributed by atoms with van der Waals surface area (Å²) in [7, 11) is 0. The molecule has 0 saturated heterocycles. The molecule has 5 nitrogen and oxygen atoms in total. The second kappa shape index (κ2) is 5.19. The lowest BCUT2D eigenvalue weighted by atomic mass is 10.2. The first-order chi connectivity index (χ1) is 8.99. The second-order valence-corrected chi connectivity index (χ2v) is 3.70. The number of nitrogens with zero attached hydrogens (tertiary/aromatic N) is 1. The molecule has 0 bridgehead atoms. The zero-order chi connectivity index (χ0) is 13.9. The van der Waals surface area contributed by atoms with Gasteiger partial charge in [-0.3, -0.25) is 0 Å². The van der Waals surface area contributed by atoms with Crippen molar-refractivity contribution in [2.75, 3.05) is 10.7 Å². The highest BCUT2D eigenvalue weighted by molar-refractivity contribution is 5.49. The molecule has 2 heterocycles. The van der Waals surface area contributed by atoms with Gasteiger partial charge >= 0.3 is 6.18 Å². The van der Waals surface area contributed by atoms with Gasteiger partial charge in [0, 0.05) is 0 Å². The summed E-state index contributed by atoms with van der Waals surface area (Å²) in [6.45, 7) is 0.228. The largest absolute Gasteiger partial charge is 0.467 e.